The third-order valence-electron chi connectivity index (χ3n) is 3.86. The SMILES string of the molecule is CCOCCCNC(=O)CSCCCC(=O)Nc1c(C)cc(C)cc1C. The minimum Gasteiger partial charge on any atom is -0.382 e. The fraction of sp³-hybridized carbons (Fsp3) is 0.600. The van der Waals surface area contributed by atoms with Gasteiger partial charge in [0.1, 0.15) is 0 Å². The van der Waals surface area contributed by atoms with E-state index in [1.807, 2.05) is 20.8 Å². The van der Waals surface area contributed by atoms with E-state index in [9.17, 15) is 9.59 Å². The van der Waals surface area contributed by atoms with E-state index in [4.69, 9.17) is 4.74 Å². The van der Waals surface area contributed by atoms with Crippen LogP contribution in [-0.4, -0.2) is 43.1 Å². The van der Waals surface area contributed by atoms with E-state index in [-0.39, 0.29) is 11.8 Å². The summed E-state index contributed by atoms with van der Waals surface area (Å²) in [5.74, 6) is 1.31. The maximum atomic E-state index is 12.1. The molecule has 0 atom stereocenters. The van der Waals surface area contributed by atoms with E-state index in [2.05, 4.69) is 29.7 Å². The van der Waals surface area contributed by atoms with Gasteiger partial charge in [-0.15, -0.1) is 0 Å². The number of thioether (sulfide) groups is 1. The molecule has 0 saturated carbocycles. The summed E-state index contributed by atoms with van der Waals surface area (Å²) in [5.41, 5.74) is 4.29. The molecule has 0 aliphatic carbocycles. The Morgan fingerprint density at radius 2 is 1.77 bits per heavy atom. The summed E-state index contributed by atoms with van der Waals surface area (Å²) in [7, 11) is 0. The monoisotopic (exact) mass is 380 g/mol. The molecule has 1 aromatic rings. The van der Waals surface area contributed by atoms with Gasteiger partial charge >= 0.3 is 0 Å². The molecule has 2 N–H and O–H groups in total. The van der Waals surface area contributed by atoms with Crippen LogP contribution >= 0.6 is 11.8 Å². The summed E-state index contributed by atoms with van der Waals surface area (Å²) in [6, 6.07) is 4.15. The fourth-order valence-electron chi connectivity index (χ4n) is 2.68. The van der Waals surface area contributed by atoms with Gasteiger partial charge < -0.3 is 15.4 Å². The molecular weight excluding hydrogens is 348 g/mol. The molecule has 5 nitrogen and oxygen atoms in total. The van der Waals surface area contributed by atoms with Crippen molar-refractivity contribution in [3.8, 4) is 0 Å². The summed E-state index contributed by atoms with van der Waals surface area (Å²) in [5, 5.41) is 5.88. The van der Waals surface area contributed by atoms with Crippen LogP contribution in [0.1, 0.15) is 42.9 Å². The molecule has 0 radical (unpaired) electrons. The van der Waals surface area contributed by atoms with Crippen molar-refractivity contribution in [3.63, 3.8) is 0 Å². The number of hydrogen-bond acceptors (Lipinski definition) is 4. The summed E-state index contributed by atoms with van der Waals surface area (Å²) in [6.45, 7) is 10.1. The van der Waals surface area contributed by atoms with E-state index in [1.54, 1.807) is 11.8 Å². The van der Waals surface area contributed by atoms with Crippen molar-refractivity contribution in [3.05, 3.63) is 28.8 Å². The first kappa shape index (κ1) is 22.5. The lowest BCUT2D eigenvalue weighted by molar-refractivity contribution is -0.118. The molecule has 2 amide bonds. The number of carbonyl (C=O) groups is 2. The number of ether oxygens (including phenoxy) is 1. The number of hydrogen-bond donors (Lipinski definition) is 2. The first-order chi connectivity index (χ1) is 12.4. The fourth-order valence-corrected chi connectivity index (χ4v) is 3.46. The van der Waals surface area contributed by atoms with Crippen molar-refractivity contribution < 1.29 is 14.3 Å². The summed E-state index contributed by atoms with van der Waals surface area (Å²) in [6.07, 6.45) is 2.07. The number of anilines is 1. The Kier molecular flexibility index (Phi) is 11.1. The highest BCUT2D eigenvalue weighted by Gasteiger charge is 2.08. The van der Waals surface area contributed by atoms with Crippen LogP contribution in [0.5, 0.6) is 0 Å². The zero-order valence-electron chi connectivity index (χ0n) is 16.4. The van der Waals surface area contributed by atoms with Gasteiger partial charge in [-0.05, 0) is 57.4 Å². The van der Waals surface area contributed by atoms with Crippen LogP contribution in [0, 0.1) is 20.8 Å². The molecule has 1 rings (SSSR count). The van der Waals surface area contributed by atoms with E-state index in [0.717, 1.165) is 35.4 Å². The van der Waals surface area contributed by atoms with Crippen LogP contribution in [0.4, 0.5) is 5.69 Å². The van der Waals surface area contributed by atoms with E-state index in [1.165, 1.54) is 5.56 Å². The van der Waals surface area contributed by atoms with Crippen LogP contribution < -0.4 is 10.6 Å². The van der Waals surface area contributed by atoms with Crippen LogP contribution in [-0.2, 0) is 14.3 Å². The van der Waals surface area contributed by atoms with Crippen molar-refractivity contribution in [2.75, 3.05) is 36.6 Å². The first-order valence-electron chi connectivity index (χ1n) is 9.24. The minimum atomic E-state index is 0.0287. The van der Waals surface area contributed by atoms with Crippen molar-refractivity contribution >= 4 is 29.3 Å². The highest BCUT2D eigenvalue weighted by molar-refractivity contribution is 7.99. The molecular formula is C20H32N2O3S. The minimum absolute atomic E-state index is 0.0287. The van der Waals surface area contributed by atoms with Crippen molar-refractivity contribution in [2.24, 2.45) is 0 Å². The molecule has 0 unspecified atom stereocenters. The lowest BCUT2D eigenvalue weighted by Crippen LogP contribution is -2.27. The van der Waals surface area contributed by atoms with Crippen LogP contribution in [0.25, 0.3) is 0 Å². The first-order valence-corrected chi connectivity index (χ1v) is 10.4. The maximum Gasteiger partial charge on any atom is 0.229 e. The van der Waals surface area contributed by atoms with Crippen molar-refractivity contribution in [1.82, 2.24) is 5.32 Å². The van der Waals surface area contributed by atoms with Gasteiger partial charge in [-0.25, -0.2) is 0 Å². The van der Waals surface area contributed by atoms with Crippen molar-refractivity contribution in [1.29, 1.82) is 0 Å². The second-order valence-electron chi connectivity index (χ2n) is 6.38. The zero-order chi connectivity index (χ0) is 19.4. The average Bonchev–Trinajstić information content (AvgIpc) is 2.57. The normalized spacial score (nSPS) is 10.6. The Balaban J connectivity index is 2.14. The number of benzene rings is 1. The number of carbonyl (C=O) groups excluding carboxylic acids is 2. The Bertz CT molecular complexity index is 567. The number of nitrogens with one attached hydrogen (secondary N) is 2. The van der Waals surface area contributed by atoms with Gasteiger partial charge in [0.15, 0.2) is 0 Å². The maximum absolute atomic E-state index is 12.1. The lowest BCUT2D eigenvalue weighted by atomic mass is 10.0. The van der Waals surface area contributed by atoms with Gasteiger partial charge in [0.2, 0.25) is 11.8 Å². The number of rotatable bonds is 12. The molecule has 0 saturated heterocycles. The van der Waals surface area contributed by atoms with Gasteiger partial charge in [0.25, 0.3) is 0 Å². The van der Waals surface area contributed by atoms with E-state index >= 15 is 0 Å². The molecule has 0 aliphatic rings. The summed E-state index contributed by atoms with van der Waals surface area (Å²) >= 11 is 1.56. The Morgan fingerprint density at radius 1 is 1.08 bits per heavy atom. The Labute approximate surface area is 161 Å². The molecule has 0 aromatic heterocycles. The Morgan fingerprint density at radius 3 is 2.42 bits per heavy atom. The smallest absolute Gasteiger partial charge is 0.229 e. The predicted octanol–water partition coefficient (Wildman–Crippen LogP) is 3.61. The quantitative estimate of drug-likeness (QED) is 0.544. The zero-order valence-corrected chi connectivity index (χ0v) is 17.3. The molecule has 6 heteroatoms. The highest BCUT2D eigenvalue weighted by atomic mass is 32.2. The van der Waals surface area contributed by atoms with Crippen LogP contribution in [0.3, 0.4) is 0 Å². The van der Waals surface area contributed by atoms with Gasteiger partial charge in [-0.3, -0.25) is 9.59 Å². The van der Waals surface area contributed by atoms with Gasteiger partial charge in [-0.1, -0.05) is 17.7 Å². The van der Waals surface area contributed by atoms with Gasteiger partial charge in [0.05, 0.1) is 5.75 Å². The van der Waals surface area contributed by atoms with Crippen molar-refractivity contribution in [2.45, 2.75) is 47.0 Å². The molecule has 0 aliphatic heterocycles. The third kappa shape index (κ3) is 9.25. The summed E-state index contributed by atoms with van der Waals surface area (Å²) < 4.78 is 5.22. The van der Waals surface area contributed by atoms with Crippen LogP contribution in [0.2, 0.25) is 0 Å². The molecule has 146 valence electrons. The third-order valence-corrected chi connectivity index (χ3v) is 4.90. The van der Waals surface area contributed by atoms with E-state index < -0.39 is 0 Å². The number of aryl methyl sites for hydroxylation is 3. The molecule has 0 fully saturated rings. The summed E-state index contributed by atoms with van der Waals surface area (Å²) in [4.78, 5) is 23.8. The standard InChI is InChI=1S/C20H32N2O3S/c1-5-25-10-7-9-21-19(24)14-26-11-6-8-18(23)22-20-16(3)12-15(2)13-17(20)4/h12-13H,5-11,14H2,1-4H3,(H,21,24)(H,22,23). The topological polar surface area (TPSA) is 67.4 Å². The Hall–Kier alpha value is -1.53. The molecule has 1 aromatic carbocycles. The molecule has 0 spiro atoms. The second kappa shape index (κ2) is 12.8. The molecule has 0 heterocycles. The number of amides is 2. The van der Waals surface area contributed by atoms with Crippen LogP contribution in [0.15, 0.2) is 12.1 Å². The second-order valence-corrected chi connectivity index (χ2v) is 7.48. The van der Waals surface area contributed by atoms with E-state index in [0.29, 0.717) is 31.9 Å². The van der Waals surface area contributed by atoms with Gasteiger partial charge in [-0.2, -0.15) is 11.8 Å². The lowest BCUT2D eigenvalue weighted by Gasteiger charge is -2.12. The predicted molar refractivity (Wildman–Crippen MR) is 110 cm³/mol. The molecule has 26 heavy (non-hydrogen) atoms. The largest absolute Gasteiger partial charge is 0.382 e. The van der Waals surface area contributed by atoms with Gasteiger partial charge in [0, 0.05) is 31.9 Å². The molecule has 0 bridgehead atoms. The average molecular weight is 381 g/mol. The highest BCUT2D eigenvalue weighted by Crippen LogP contribution is 2.22.